The van der Waals surface area contributed by atoms with Crippen LogP contribution < -0.4 is 0 Å². The third-order valence-corrected chi connectivity index (χ3v) is 3.06. The van der Waals surface area contributed by atoms with Gasteiger partial charge in [-0.25, -0.2) is 9.59 Å². The summed E-state index contributed by atoms with van der Waals surface area (Å²) in [6, 6.07) is 0. The minimum absolute atomic E-state index is 0.302. The topological polar surface area (TPSA) is 66.8 Å². The predicted octanol–water partition coefficient (Wildman–Crippen LogP) is 2.59. The standard InChI is InChI=1S/C14H21NO4/c1-4-19-13(16)12(9-10(2)3)11-5-7-15(8-6-11)14(17)18/h2,4-9H2,1,3H3,(H,17,18). The Morgan fingerprint density at radius 2 is 1.95 bits per heavy atom. The number of nitrogens with zero attached hydrogens (tertiary/aromatic N) is 1. The van der Waals surface area contributed by atoms with Gasteiger partial charge in [0.25, 0.3) is 0 Å². The maximum absolute atomic E-state index is 11.9. The second-order valence-corrected chi connectivity index (χ2v) is 4.71. The van der Waals surface area contributed by atoms with Gasteiger partial charge in [0.2, 0.25) is 0 Å². The van der Waals surface area contributed by atoms with Gasteiger partial charge in [0.15, 0.2) is 0 Å². The number of esters is 1. The van der Waals surface area contributed by atoms with E-state index in [2.05, 4.69) is 6.58 Å². The molecule has 1 aliphatic rings. The molecule has 0 spiro atoms. The van der Waals surface area contributed by atoms with Crippen LogP contribution in [-0.4, -0.2) is 41.8 Å². The number of hydrogen-bond acceptors (Lipinski definition) is 3. The fourth-order valence-corrected chi connectivity index (χ4v) is 2.13. The van der Waals surface area contributed by atoms with Crippen LogP contribution in [0.4, 0.5) is 4.79 Å². The summed E-state index contributed by atoms with van der Waals surface area (Å²) in [5, 5.41) is 8.91. The Bertz CT molecular complexity index is 402. The second kappa shape index (κ2) is 6.97. The van der Waals surface area contributed by atoms with E-state index in [1.54, 1.807) is 6.92 Å². The quantitative estimate of drug-likeness (QED) is 0.483. The average Bonchev–Trinajstić information content (AvgIpc) is 2.36. The molecule has 0 aromatic rings. The molecular weight excluding hydrogens is 246 g/mol. The molecule has 1 heterocycles. The third kappa shape index (κ3) is 4.43. The van der Waals surface area contributed by atoms with Crippen molar-refractivity contribution in [3.63, 3.8) is 0 Å². The zero-order valence-corrected chi connectivity index (χ0v) is 11.6. The Hall–Kier alpha value is -1.78. The van der Waals surface area contributed by atoms with E-state index in [0.717, 1.165) is 11.1 Å². The first-order valence-corrected chi connectivity index (χ1v) is 6.46. The molecule has 5 nitrogen and oxygen atoms in total. The number of rotatable bonds is 4. The number of ether oxygens (including phenoxy) is 1. The second-order valence-electron chi connectivity index (χ2n) is 4.71. The Labute approximate surface area is 113 Å². The molecule has 0 aromatic carbocycles. The Morgan fingerprint density at radius 3 is 2.37 bits per heavy atom. The molecule has 1 saturated heterocycles. The monoisotopic (exact) mass is 267 g/mol. The van der Waals surface area contributed by atoms with E-state index >= 15 is 0 Å². The van der Waals surface area contributed by atoms with Gasteiger partial charge in [0.05, 0.1) is 6.61 Å². The van der Waals surface area contributed by atoms with E-state index in [4.69, 9.17) is 9.84 Å². The highest BCUT2D eigenvalue weighted by molar-refractivity contribution is 5.90. The van der Waals surface area contributed by atoms with Crippen molar-refractivity contribution in [3.05, 3.63) is 23.3 Å². The Morgan fingerprint density at radius 1 is 1.37 bits per heavy atom. The molecule has 0 radical (unpaired) electrons. The molecule has 0 aliphatic carbocycles. The number of piperidine rings is 1. The molecule has 1 rings (SSSR count). The summed E-state index contributed by atoms with van der Waals surface area (Å²) < 4.78 is 5.06. The minimum atomic E-state index is -0.906. The van der Waals surface area contributed by atoms with Crippen LogP contribution in [0.15, 0.2) is 23.3 Å². The molecular formula is C14H21NO4. The fraction of sp³-hybridized carbons (Fsp3) is 0.571. The van der Waals surface area contributed by atoms with Crippen molar-refractivity contribution < 1.29 is 19.4 Å². The van der Waals surface area contributed by atoms with Crippen LogP contribution in [0.2, 0.25) is 0 Å². The maximum atomic E-state index is 11.9. The van der Waals surface area contributed by atoms with Gasteiger partial charge in [0, 0.05) is 18.7 Å². The first kappa shape index (κ1) is 15.3. The van der Waals surface area contributed by atoms with E-state index in [1.165, 1.54) is 4.90 Å². The van der Waals surface area contributed by atoms with Crippen LogP contribution in [-0.2, 0) is 9.53 Å². The lowest BCUT2D eigenvalue weighted by molar-refractivity contribution is -0.138. The largest absolute Gasteiger partial charge is 0.465 e. The molecule has 106 valence electrons. The van der Waals surface area contributed by atoms with E-state index in [1.807, 2.05) is 6.92 Å². The SMILES string of the molecule is C=C(C)CC(C(=O)OCC)=C1CCN(C(=O)O)CC1. The van der Waals surface area contributed by atoms with Gasteiger partial charge in [-0.2, -0.15) is 0 Å². The molecule has 1 amide bonds. The summed E-state index contributed by atoms with van der Waals surface area (Å²) in [6.07, 6.45) is 0.777. The van der Waals surface area contributed by atoms with Crippen molar-refractivity contribution in [1.82, 2.24) is 4.90 Å². The number of amides is 1. The lowest BCUT2D eigenvalue weighted by atomic mass is 9.94. The lowest BCUT2D eigenvalue weighted by Gasteiger charge is -2.27. The van der Waals surface area contributed by atoms with Crippen LogP contribution in [0.5, 0.6) is 0 Å². The van der Waals surface area contributed by atoms with Gasteiger partial charge in [-0.1, -0.05) is 17.7 Å². The Balaban J connectivity index is 2.84. The van der Waals surface area contributed by atoms with Crippen LogP contribution in [0.1, 0.15) is 33.1 Å². The first-order chi connectivity index (χ1) is 8.95. The summed E-state index contributed by atoms with van der Waals surface area (Å²) in [5.74, 6) is -0.302. The Kier molecular flexibility index (Phi) is 5.60. The average molecular weight is 267 g/mol. The van der Waals surface area contributed by atoms with Gasteiger partial charge in [-0.05, 0) is 33.1 Å². The van der Waals surface area contributed by atoms with Crippen LogP contribution >= 0.6 is 0 Å². The van der Waals surface area contributed by atoms with Gasteiger partial charge in [-0.3, -0.25) is 0 Å². The fourth-order valence-electron chi connectivity index (χ4n) is 2.13. The van der Waals surface area contributed by atoms with Gasteiger partial charge < -0.3 is 14.7 Å². The van der Waals surface area contributed by atoms with Crippen LogP contribution in [0.25, 0.3) is 0 Å². The molecule has 0 unspecified atom stereocenters. The highest BCUT2D eigenvalue weighted by Gasteiger charge is 2.23. The predicted molar refractivity (Wildman–Crippen MR) is 71.9 cm³/mol. The van der Waals surface area contributed by atoms with Crippen molar-refractivity contribution in [1.29, 1.82) is 0 Å². The van der Waals surface area contributed by atoms with Crippen LogP contribution in [0, 0.1) is 0 Å². The summed E-state index contributed by atoms with van der Waals surface area (Å²) in [6.45, 7) is 8.68. The molecule has 1 N–H and O–H groups in total. The molecule has 0 saturated carbocycles. The van der Waals surface area contributed by atoms with Crippen LogP contribution in [0.3, 0.4) is 0 Å². The van der Waals surface area contributed by atoms with E-state index < -0.39 is 6.09 Å². The molecule has 0 atom stereocenters. The molecule has 0 aromatic heterocycles. The highest BCUT2D eigenvalue weighted by atomic mass is 16.5. The number of hydrogen-bond donors (Lipinski definition) is 1. The van der Waals surface area contributed by atoms with E-state index in [-0.39, 0.29) is 5.97 Å². The molecule has 1 aliphatic heterocycles. The van der Waals surface area contributed by atoms with E-state index in [9.17, 15) is 9.59 Å². The summed E-state index contributed by atoms with van der Waals surface area (Å²) in [5.41, 5.74) is 2.55. The zero-order valence-electron chi connectivity index (χ0n) is 11.6. The zero-order chi connectivity index (χ0) is 14.4. The number of carbonyl (C=O) groups is 2. The first-order valence-electron chi connectivity index (χ1n) is 6.46. The van der Waals surface area contributed by atoms with Gasteiger partial charge in [0.1, 0.15) is 0 Å². The van der Waals surface area contributed by atoms with Crippen molar-refractivity contribution >= 4 is 12.1 Å². The number of likely N-dealkylation sites (tertiary alicyclic amines) is 1. The smallest absolute Gasteiger partial charge is 0.407 e. The molecule has 19 heavy (non-hydrogen) atoms. The van der Waals surface area contributed by atoms with Crippen molar-refractivity contribution in [2.75, 3.05) is 19.7 Å². The molecule has 0 bridgehead atoms. The van der Waals surface area contributed by atoms with Crippen molar-refractivity contribution in [2.45, 2.75) is 33.1 Å². The maximum Gasteiger partial charge on any atom is 0.407 e. The third-order valence-electron chi connectivity index (χ3n) is 3.06. The summed E-state index contributed by atoms with van der Waals surface area (Å²) in [7, 11) is 0. The highest BCUT2D eigenvalue weighted by Crippen LogP contribution is 2.25. The number of allylic oxidation sites excluding steroid dienone is 1. The van der Waals surface area contributed by atoms with Crippen molar-refractivity contribution in [3.8, 4) is 0 Å². The normalized spacial score (nSPS) is 15.1. The summed E-state index contributed by atoms with van der Waals surface area (Å²) in [4.78, 5) is 24.2. The minimum Gasteiger partial charge on any atom is -0.465 e. The summed E-state index contributed by atoms with van der Waals surface area (Å²) >= 11 is 0. The molecule has 1 fully saturated rings. The lowest BCUT2D eigenvalue weighted by Crippen LogP contribution is -2.35. The number of carbonyl (C=O) groups excluding carboxylic acids is 1. The van der Waals surface area contributed by atoms with E-state index in [0.29, 0.717) is 44.5 Å². The van der Waals surface area contributed by atoms with Crippen molar-refractivity contribution in [2.24, 2.45) is 0 Å². The number of carboxylic acid groups (broad SMARTS) is 1. The molecule has 5 heteroatoms. The van der Waals surface area contributed by atoms with Gasteiger partial charge >= 0.3 is 12.1 Å². The van der Waals surface area contributed by atoms with Gasteiger partial charge in [-0.15, -0.1) is 0 Å².